The molecular formula is C28H31NO2. The van der Waals surface area contributed by atoms with Crippen molar-refractivity contribution in [1.29, 1.82) is 0 Å². The maximum atomic E-state index is 5.77. The highest BCUT2D eigenvalue weighted by Gasteiger charge is 2.17. The average Bonchev–Trinajstić information content (AvgIpc) is 2.82. The summed E-state index contributed by atoms with van der Waals surface area (Å²) >= 11 is 0. The fraction of sp³-hybridized carbons (Fsp3) is 0.286. The van der Waals surface area contributed by atoms with Crippen LogP contribution in [0.5, 0.6) is 11.5 Å². The Kier molecular flexibility index (Phi) is 6.73. The number of hydrogen-bond acceptors (Lipinski definition) is 3. The molecule has 0 bridgehead atoms. The molecule has 0 aliphatic carbocycles. The number of benzene rings is 4. The molecule has 0 heterocycles. The zero-order valence-electron chi connectivity index (χ0n) is 18.7. The Balaban J connectivity index is 1.75. The topological polar surface area (TPSA) is 21.7 Å². The highest BCUT2D eigenvalue weighted by molar-refractivity contribution is 5.88. The molecule has 0 fully saturated rings. The minimum absolute atomic E-state index is 0.830. The number of methoxy groups -OCH3 is 2. The third-order valence-electron chi connectivity index (χ3n) is 6.03. The second-order valence-electron chi connectivity index (χ2n) is 8.00. The van der Waals surface area contributed by atoms with Gasteiger partial charge in [-0.2, -0.15) is 0 Å². The Morgan fingerprint density at radius 2 is 1.13 bits per heavy atom. The van der Waals surface area contributed by atoms with Crippen molar-refractivity contribution in [3.63, 3.8) is 0 Å². The minimum atomic E-state index is 0.830. The second-order valence-corrected chi connectivity index (χ2v) is 8.00. The lowest BCUT2D eigenvalue weighted by molar-refractivity contribution is 0.246. The van der Waals surface area contributed by atoms with Crippen LogP contribution in [0, 0.1) is 0 Å². The maximum absolute atomic E-state index is 5.77. The minimum Gasteiger partial charge on any atom is -0.496 e. The molecule has 4 aromatic carbocycles. The molecule has 0 saturated heterocycles. The van der Waals surface area contributed by atoms with E-state index in [1.54, 1.807) is 14.2 Å². The van der Waals surface area contributed by atoms with Crippen LogP contribution in [-0.2, 0) is 13.1 Å². The third kappa shape index (κ3) is 4.52. The van der Waals surface area contributed by atoms with Crippen molar-refractivity contribution in [3.8, 4) is 11.5 Å². The lowest BCUT2D eigenvalue weighted by Crippen LogP contribution is -2.25. The summed E-state index contributed by atoms with van der Waals surface area (Å²) in [5, 5.41) is 5.01. The zero-order valence-corrected chi connectivity index (χ0v) is 18.7. The molecule has 0 aliphatic heterocycles. The van der Waals surface area contributed by atoms with Crippen LogP contribution >= 0.6 is 0 Å². The summed E-state index contributed by atoms with van der Waals surface area (Å²) in [7, 11) is 3.52. The van der Waals surface area contributed by atoms with Crippen LogP contribution in [0.1, 0.15) is 30.9 Å². The van der Waals surface area contributed by atoms with E-state index in [9.17, 15) is 0 Å². The molecule has 0 aromatic heterocycles. The van der Waals surface area contributed by atoms with Gasteiger partial charge in [0.1, 0.15) is 11.5 Å². The number of unbranched alkanes of at least 4 members (excludes halogenated alkanes) is 1. The van der Waals surface area contributed by atoms with Gasteiger partial charge in [0, 0.05) is 24.2 Å². The first-order chi connectivity index (χ1) is 15.2. The summed E-state index contributed by atoms with van der Waals surface area (Å²) in [6.45, 7) is 4.93. The molecule has 31 heavy (non-hydrogen) atoms. The van der Waals surface area contributed by atoms with Crippen LogP contribution in [0.15, 0.2) is 72.8 Å². The van der Waals surface area contributed by atoms with E-state index in [1.807, 2.05) is 0 Å². The van der Waals surface area contributed by atoms with Gasteiger partial charge < -0.3 is 9.47 Å². The molecule has 0 N–H and O–H groups in total. The maximum Gasteiger partial charge on any atom is 0.123 e. The van der Waals surface area contributed by atoms with Gasteiger partial charge >= 0.3 is 0 Å². The second kappa shape index (κ2) is 9.84. The molecule has 3 nitrogen and oxygen atoms in total. The summed E-state index contributed by atoms with van der Waals surface area (Å²) in [4.78, 5) is 2.53. The Labute approximate surface area is 185 Å². The van der Waals surface area contributed by atoms with Crippen LogP contribution in [0.2, 0.25) is 0 Å². The van der Waals surface area contributed by atoms with Crippen molar-refractivity contribution in [1.82, 2.24) is 4.90 Å². The van der Waals surface area contributed by atoms with E-state index in [2.05, 4.69) is 84.6 Å². The average molecular weight is 414 g/mol. The molecule has 160 valence electrons. The summed E-state index contributed by atoms with van der Waals surface area (Å²) in [6.07, 6.45) is 2.32. The standard InChI is InChI=1S/C28H31NO2/c1-4-5-18-29(19-25-23-12-8-6-10-21(23)14-16-27(25)30-2)20-26-24-13-9-7-11-22(24)15-17-28(26)31-3/h6-17H,4-5,18-20H2,1-3H3. The van der Waals surface area contributed by atoms with Crippen LogP contribution in [0.3, 0.4) is 0 Å². The SMILES string of the molecule is CCCCN(Cc1c(OC)ccc2ccccc12)Cc1c(OC)ccc2ccccc12. The van der Waals surface area contributed by atoms with Crippen molar-refractivity contribution in [2.75, 3.05) is 20.8 Å². The summed E-state index contributed by atoms with van der Waals surface area (Å²) in [5.41, 5.74) is 2.49. The van der Waals surface area contributed by atoms with Crippen LogP contribution in [0.4, 0.5) is 0 Å². The largest absolute Gasteiger partial charge is 0.496 e. The van der Waals surface area contributed by atoms with Crippen LogP contribution in [0.25, 0.3) is 21.5 Å². The van der Waals surface area contributed by atoms with Gasteiger partial charge in [0.2, 0.25) is 0 Å². The van der Waals surface area contributed by atoms with E-state index < -0.39 is 0 Å². The number of ether oxygens (including phenoxy) is 2. The Morgan fingerprint density at radius 1 is 0.645 bits per heavy atom. The molecule has 3 heteroatoms. The summed E-state index contributed by atoms with van der Waals surface area (Å²) < 4.78 is 11.5. The lowest BCUT2D eigenvalue weighted by atomic mass is 10.0. The molecule has 0 saturated carbocycles. The molecule has 0 atom stereocenters. The molecule has 0 radical (unpaired) electrons. The lowest BCUT2D eigenvalue weighted by Gasteiger charge is -2.26. The Morgan fingerprint density at radius 3 is 1.58 bits per heavy atom. The smallest absolute Gasteiger partial charge is 0.123 e. The van der Waals surface area contributed by atoms with Gasteiger partial charge in [-0.25, -0.2) is 0 Å². The fourth-order valence-electron chi connectivity index (χ4n) is 4.38. The first-order valence-electron chi connectivity index (χ1n) is 11.1. The summed E-state index contributed by atoms with van der Waals surface area (Å²) in [5.74, 6) is 1.90. The quantitative estimate of drug-likeness (QED) is 0.301. The van der Waals surface area contributed by atoms with Gasteiger partial charge in [-0.3, -0.25) is 4.90 Å². The van der Waals surface area contributed by atoms with Gasteiger partial charge in [0.25, 0.3) is 0 Å². The number of rotatable bonds is 9. The molecule has 4 rings (SSSR count). The van der Waals surface area contributed by atoms with Crippen molar-refractivity contribution in [3.05, 3.63) is 83.9 Å². The van der Waals surface area contributed by atoms with Gasteiger partial charge in [-0.1, -0.05) is 74.0 Å². The molecule has 4 aromatic rings. The predicted molar refractivity (Wildman–Crippen MR) is 130 cm³/mol. The Bertz CT molecular complexity index is 1080. The van der Waals surface area contributed by atoms with Gasteiger partial charge in [-0.15, -0.1) is 0 Å². The zero-order chi connectivity index (χ0) is 21.6. The van der Waals surface area contributed by atoms with E-state index >= 15 is 0 Å². The highest BCUT2D eigenvalue weighted by Crippen LogP contribution is 2.33. The normalized spacial score (nSPS) is 11.4. The first kappa shape index (κ1) is 21.2. The number of hydrogen-bond donors (Lipinski definition) is 0. The van der Waals surface area contributed by atoms with Crippen molar-refractivity contribution >= 4 is 21.5 Å². The van der Waals surface area contributed by atoms with Crippen LogP contribution in [-0.4, -0.2) is 25.7 Å². The molecule has 0 unspecified atom stereocenters. The van der Waals surface area contributed by atoms with Crippen molar-refractivity contribution in [2.24, 2.45) is 0 Å². The summed E-state index contributed by atoms with van der Waals surface area (Å²) in [6, 6.07) is 25.6. The molecule has 0 spiro atoms. The predicted octanol–water partition coefficient (Wildman–Crippen LogP) is 6.81. The number of nitrogens with zero attached hydrogens (tertiary/aromatic N) is 1. The van der Waals surface area contributed by atoms with E-state index in [-0.39, 0.29) is 0 Å². The molecular weight excluding hydrogens is 382 g/mol. The highest BCUT2D eigenvalue weighted by atomic mass is 16.5. The van der Waals surface area contributed by atoms with E-state index in [0.29, 0.717) is 0 Å². The van der Waals surface area contributed by atoms with Crippen molar-refractivity contribution in [2.45, 2.75) is 32.9 Å². The monoisotopic (exact) mass is 413 g/mol. The van der Waals surface area contributed by atoms with E-state index in [4.69, 9.17) is 9.47 Å². The Hall–Kier alpha value is -3.04. The fourth-order valence-corrected chi connectivity index (χ4v) is 4.38. The molecule has 0 amide bonds. The number of fused-ring (bicyclic) bond motifs is 2. The van der Waals surface area contributed by atoms with E-state index in [1.165, 1.54) is 32.7 Å². The van der Waals surface area contributed by atoms with Gasteiger partial charge in [0.05, 0.1) is 14.2 Å². The van der Waals surface area contributed by atoms with Crippen molar-refractivity contribution < 1.29 is 9.47 Å². The third-order valence-corrected chi connectivity index (χ3v) is 6.03. The van der Waals surface area contributed by atoms with Crippen LogP contribution < -0.4 is 9.47 Å². The van der Waals surface area contributed by atoms with Gasteiger partial charge in [-0.05, 0) is 46.6 Å². The molecule has 0 aliphatic rings. The van der Waals surface area contributed by atoms with E-state index in [0.717, 1.165) is 44.0 Å². The van der Waals surface area contributed by atoms with Gasteiger partial charge in [0.15, 0.2) is 0 Å². The first-order valence-corrected chi connectivity index (χ1v) is 11.1.